The highest BCUT2D eigenvalue weighted by Gasteiger charge is 2.48. The quantitative estimate of drug-likeness (QED) is 0.377. The van der Waals surface area contributed by atoms with Gasteiger partial charge in [-0.15, -0.1) is 0 Å². The molecule has 2 aliphatic heterocycles. The first-order valence-corrected chi connectivity index (χ1v) is 3.51. The lowest BCUT2D eigenvalue weighted by atomic mass is 10.0. The molecular formula is C6H10O5. The summed E-state index contributed by atoms with van der Waals surface area (Å²) in [6, 6.07) is 0. The van der Waals surface area contributed by atoms with Gasteiger partial charge in [-0.05, 0) is 0 Å². The molecule has 2 heterocycles. The molecule has 11 heavy (non-hydrogen) atoms. The lowest BCUT2D eigenvalue weighted by Gasteiger charge is -2.32. The number of aliphatic hydroxyl groups is 3. The summed E-state index contributed by atoms with van der Waals surface area (Å²) in [6.45, 7) is 0.236. The molecule has 0 spiro atoms. The summed E-state index contributed by atoms with van der Waals surface area (Å²) in [5.41, 5.74) is 0. The van der Waals surface area contributed by atoms with Gasteiger partial charge in [-0.1, -0.05) is 0 Å². The van der Waals surface area contributed by atoms with E-state index in [9.17, 15) is 10.2 Å². The van der Waals surface area contributed by atoms with E-state index in [0.29, 0.717) is 0 Å². The van der Waals surface area contributed by atoms with Crippen LogP contribution in [0.25, 0.3) is 0 Å². The second-order valence-electron chi connectivity index (χ2n) is 2.85. The number of rotatable bonds is 0. The Bertz CT molecular complexity index is 141. The predicted octanol–water partition coefficient (Wildman–Crippen LogP) is -2.18. The maximum absolute atomic E-state index is 9.22. The maximum Gasteiger partial charge on any atom is 0.186 e. The molecule has 5 nitrogen and oxygen atoms in total. The predicted molar refractivity (Wildman–Crippen MR) is 32.6 cm³/mol. The zero-order chi connectivity index (χ0) is 8.01. The average molecular weight is 162 g/mol. The van der Waals surface area contributed by atoms with Gasteiger partial charge in [0.1, 0.15) is 24.4 Å². The Balaban J connectivity index is 2.16. The molecule has 0 aliphatic carbocycles. The zero-order valence-corrected chi connectivity index (χ0v) is 5.75. The van der Waals surface area contributed by atoms with Crippen molar-refractivity contribution in [3.63, 3.8) is 0 Å². The Labute approximate surface area is 63.2 Å². The SMILES string of the molecule is OC1C(O)[C@H](O)C2CO[C@@H]1O2. The Kier molecular flexibility index (Phi) is 1.62. The molecular weight excluding hydrogens is 152 g/mol. The molecule has 5 atom stereocenters. The van der Waals surface area contributed by atoms with E-state index in [2.05, 4.69) is 0 Å². The molecule has 2 aliphatic rings. The first kappa shape index (κ1) is 7.45. The fourth-order valence-corrected chi connectivity index (χ4v) is 1.38. The fourth-order valence-electron chi connectivity index (χ4n) is 1.38. The number of fused-ring (bicyclic) bond motifs is 2. The van der Waals surface area contributed by atoms with Crippen LogP contribution in [-0.4, -0.2) is 52.6 Å². The largest absolute Gasteiger partial charge is 0.387 e. The molecule has 2 bridgehead atoms. The maximum atomic E-state index is 9.22. The van der Waals surface area contributed by atoms with Crippen molar-refractivity contribution < 1.29 is 24.8 Å². The molecule has 5 heteroatoms. The van der Waals surface area contributed by atoms with Crippen molar-refractivity contribution in [3.8, 4) is 0 Å². The van der Waals surface area contributed by atoms with E-state index in [4.69, 9.17) is 14.6 Å². The molecule has 0 radical (unpaired) electrons. The normalized spacial score (nSPS) is 56.5. The van der Waals surface area contributed by atoms with Crippen LogP contribution in [0.1, 0.15) is 0 Å². The lowest BCUT2D eigenvalue weighted by Crippen LogP contribution is -2.53. The minimum absolute atomic E-state index is 0.236. The third-order valence-electron chi connectivity index (χ3n) is 2.09. The van der Waals surface area contributed by atoms with Crippen molar-refractivity contribution in [2.45, 2.75) is 30.7 Å². The highest BCUT2D eigenvalue weighted by molar-refractivity contribution is 4.92. The lowest BCUT2D eigenvalue weighted by molar-refractivity contribution is -0.228. The zero-order valence-electron chi connectivity index (χ0n) is 5.75. The van der Waals surface area contributed by atoms with Gasteiger partial charge in [0, 0.05) is 0 Å². The summed E-state index contributed by atoms with van der Waals surface area (Å²) >= 11 is 0. The van der Waals surface area contributed by atoms with Gasteiger partial charge in [0.25, 0.3) is 0 Å². The van der Waals surface area contributed by atoms with Gasteiger partial charge >= 0.3 is 0 Å². The Hall–Kier alpha value is -0.200. The van der Waals surface area contributed by atoms with Crippen molar-refractivity contribution in [3.05, 3.63) is 0 Å². The van der Waals surface area contributed by atoms with Gasteiger partial charge in [-0.25, -0.2) is 0 Å². The van der Waals surface area contributed by atoms with Crippen LogP contribution in [0.2, 0.25) is 0 Å². The minimum Gasteiger partial charge on any atom is -0.387 e. The molecule has 2 saturated heterocycles. The van der Waals surface area contributed by atoms with Crippen molar-refractivity contribution in [2.24, 2.45) is 0 Å². The summed E-state index contributed by atoms with van der Waals surface area (Å²) in [5, 5.41) is 27.6. The van der Waals surface area contributed by atoms with E-state index in [1.54, 1.807) is 0 Å². The number of aliphatic hydroxyl groups excluding tert-OH is 3. The third-order valence-corrected chi connectivity index (χ3v) is 2.09. The molecule has 0 amide bonds. The molecule has 2 fully saturated rings. The Morgan fingerprint density at radius 2 is 1.73 bits per heavy atom. The van der Waals surface area contributed by atoms with E-state index in [1.165, 1.54) is 0 Å². The fraction of sp³-hybridized carbons (Fsp3) is 1.00. The first-order chi connectivity index (χ1) is 5.20. The van der Waals surface area contributed by atoms with E-state index in [0.717, 1.165) is 0 Å². The van der Waals surface area contributed by atoms with Crippen LogP contribution < -0.4 is 0 Å². The van der Waals surface area contributed by atoms with Gasteiger partial charge in [0.15, 0.2) is 6.29 Å². The van der Waals surface area contributed by atoms with Gasteiger partial charge in [-0.3, -0.25) is 0 Å². The van der Waals surface area contributed by atoms with Crippen LogP contribution in [0, 0.1) is 0 Å². The highest BCUT2D eigenvalue weighted by atomic mass is 16.7. The molecule has 0 aromatic heterocycles. The van der Waals surface area contributed by atoms with Crippen molar-refractivity contribution in [1.29, 1.82) is 0 Å². The second kappa shape index (κ2) is 2.40. The van der Waals surface area contributed by atoms with Gasteiger partial charge in [-0.2, -0.15) is 0 Å². The van der Waals surface area contributed by atoms with E-state index in [1.807, 2.05) is 0 Å². The molecule has 2 rings (SSSR count). The molecule has 0 aromatic carbocycles. The van der Waals surface area contributed by atoms with Crippen LogP contribution in [0.15, 0.2) is 0 Å². The molecule has 3 N–H and O–H groups in total. The minimum atomic E-state index is -1.15. The van der Waals surface area contributed by atoms with Gasteiger partial charge in [0.05, 0.1) is 6.61 Å². The van der Waals surface area contributed by atoms with Crippen LogP contribution >= 0.6 is 0 Å². The average Bonchev–Trinajstić information content (AvgIpc) is 2.44. The summed E-state index contributed by atoms with van der Waals surface area (Å²) in [6.07, 6.45) is -4.58. The molecule has 64 valence electrons. The standard InChI is InChI=1S/C6H10O5/c7-3-2-1-10-6(11-2)5(9)4(3)8/h2-9H,1H2/t2?,3-,4?,5?,6-/m1/s1. The smallest absolute Gasteiger partial charge is 0.186 e. The van der Waals surface area contributed by atoms with E-state index in [-0.39, 0.29) is 6.61 Å². The number of hydrogen-bond donors (Lipinski definition) is 3. The first-order valence-electron chi connectivity index (χ1n) is 3.51. The van der Waals surface area contributed by atoms with Crippen LogP contribution in [0.3, 0.4) is 0 Å². The topological polar surface area (TPSA) is 79.2 Å². The molecule has 3 unspecified atom stereocenters. The molecule has 0 saturated carbocycles. The highest BCUT2D eigenvalue weighted by Crippen LogP contribution is 2.27. The van der Waals surface area contributed by atoms with Crippen molar-refractivity contribution in [1.82, 2.24) is 0 Å². The second-order valence-corrected chi connectivity index (χ2v) is 2.85. The van der Waals surface area contributed by atoms with Crippen LogP contribution in [-0.2, 0) is 9.47 Å². The summed E-state index contributed by atoms with van der Waals surface area (Å²) in [7, 11) is 0. The van der Waals surface area contributed by atoms with Crippen molar-refractivity contribution >= 4 is 0 Å². The summed E-state index contributed by atoms with van der Waals surface area (Å²) in [5.74, 6) is 0. The number of hydrogen-bond acceptors (Lipinski definition) is 5. The van der Waals surface area contributed by atoms with E-state index >= 15 is 0 Å². The Morgan fingerprint density at radius 3 is 2.45 bits per heavy atom. The Morgan fingerprint density at radius 1 is 1.00 bits per heavy atom. The summed E-state index contributed by atoms with van der Waals surface area (Å²) in [4.78, 5) is 0. The third kappa shape index (κ3) is 0.969. The van der Waals surface area contributed by atoms with Gasteiger partial charge < -0.3 is 24.8 Å². The summed E-state index contributed by atoms with van der Waals surface area (Å²) < 4.78 is 9.95. The van der Waals surface area contributed by atoms with Crippen LogP contribution in [0.4, 0.5) is 0 Å². The molecule has 0 aromatic rings. The number of ether oxygens (including phenoxy) is 2. The van der Waals surface area contributed by atoms with Gasteiger partial charge in [0.2, 0.25) is 0 Å². The van der Waals surface area contributed by atoms with Crippen LogP contribution in [0.5, 0.6) is 0 Å². The van der Waals surface area contributed by atoms with Crippen molar-refractivity contribution in [2.75, 3.05) is 6.61 Å². The van der Waals surface area contributed by atoms with E-state index < -0.39 is 30.7 Å². The monoisotopic (exact) mass is 162 g/mol.